The van der Waals surface area contributed by atoms with Crippen molar-refractivity contribution in [3.8, 4) is 0 Å². The van der Waals surface area contributed by atoms with Gasteiger partial charge in [-0.15, -0.1) is 11.3 Å². The third-order valence-electron chi connectivity index (χ3n) is 2.44. The number of thiophene rings is 1. The Bertz CT molecular complexity index is 435. The minimum absolute atomic E-state index is 0.471. The van der Waals surface area contributed by atoms with Crippen molar-refractivity contribution in [2.45, 2.75) is 22.4 Å². The number of alkyl halides is 1. The molecule has 2 heterocycles. The lowest BCUT2D eigenvalue weighted by Crippen LogP contribution is -2.27. The monoisotopic (exact) mass is 309 g/mol. The molecule has 3 nitrogen and oxygen atoms in total. The third-order valence-corrected chi connectivity index (χ3v) is 6.45. The molecule has 0 N–H and O–H groups in total. The summed E-state index contributed by atoms with van der Waals surface area (Å²) >= 11 is 4.63. The van der Waals surface area contributed by atoms with E-state index in [4.69, 9.17) is 0 Å². The van der Waals surface area contributed by atoms with Gasteiger partial charge >= 0.3 is 0 Å². The first-order chi connectivity index (χ1) is 7.14. The Kier molecular flexibility index (Phi) is 3.49. The van der Waals surface area contributed by atoms with Gasteiger partial charge in [0.25, 0.3) is 10.0 Å². The highest BCUT2D eigenvalue weighted by molar-refractivity contribution is 9.08. The fraction of sp³-hybridized carbons (Fsp3) is 0.556. The van der Waals surface area contributed by atoms with Crippen LogP contribution >= 0.6 is 27.3 Å². The number of sulfonamides is 1. The molecule has 0 amide bonds. The lowest BCUT2D eigenvalue weighted by molar-refractivity contribution is 0.479. The molecular weight excluding hydrogens is 298 g/mol. The van der Waals surface area contributed by atoms with E-state index >= 15 is 0 Å². The molecule has 0 unspecified atom stereocenters. The molecule has 0 aromatic carbocycles. The second kappa shape index (κ2) is 4.53. The molecule has 1 aromatic heterocycles. The maximum atomic E-state index is 12.1. The Morgan fingerprint density at radius 3 is 2.60 bits per heavy atom. The summed E-state index contributed by atoms with van der Waals surface area (Å²) in [6.45, 7) is 1.34. The van der Waals surface area contributed by atoms with E-state index in [1.54, 1.807) is 10.4 Å². The standard InChI is InChI=1S/C9H12BrNO2S2/c10-6-8-5-9(14-7-8)15(12,13)11-3-1-2-4-11/h5,7H,1-4,6H2. The average Bonchev–Trinajstić information content (AvgIpc) is 2.89. The van der Waals surface area contributed by atoms with E-state index in [9.17, 15) is 8.42 Å². The van der Waals surface area contributed by atoms with Crippen molar-refractivity contribution in [2.75, 3.05) is 13.1 Å². The minimum atomic E-state index is -3.20. The molecule has 2 rings (SSSR count). The van der Waals surface area contributed by atoms with E-state index in [1.165, 1.54) is 11.3 Å². The van der Waals surface area contributed by atoms with Crippen molar-refractivity contribution in [3.05, 3.63) is 17.0 Å². The average molecular weight is 310 g/mol. The van der Waals surface area contributed by atoms with Crippen LogP contribution in [0.4, 0.5) is 0 Å². The molecule has 0 bridgehead atoms. The molecule has 1 fully saturated rings. The van der Waals surface area contributed by atoms with Gasteiger partial charge < -0.3 is 0 Å². The summed E-state index contributed by atoms with van der Waals surface area (Å²) < 4.78 is 26.2. The van der Waals surface area contributed by atoms with E-state index in [1.807, 2.05) is 5.38 Å². The van der Waals surface area contributed by atoms with Crippen LogP contribution < -0.4 is 0 Å². The Balaban J connectivity index is 2.28. The van der Waals surface area contributed by atoms with Gasteiger partial charge in [0.1, 0.15) is 4.21 Å². The minimum Gasteiger partial charge on any atom is -0.206 e. The summed E-state index contributed by atoms with van der Waals surface area (Å²) in [5.74, 6) is 0. The fourth-order valence-corrected chi connectivity index (χ4v) is 5.03. The van der Waals surface area contributed by atoms with Crippen LogP contribution in [-0.2, 0) is 15.4 Å². The van der Waals surface area contributed by atoms with Crippen LogP contribution in [0.5, 0.6) is 0 Å². The SMILES string of the molecule is O=S(=O)(c1cc(CBr)cs1)N1CCCC1. The molecule has 1 saturated heterocycles. The second-order valence-corrected chi connectivity index (χ2v) is 7.16. The second-order valence-electron chi connectivity index (χ2n) is 3.52. The van der Waals surface area contributed by atoms with E-state index in [2.05, 4.69) is 15.9 Å². The van der Waals surface area contributed by atoms with Gasteiger partial charge in [0.15, 0.2) is 0 Å². The summed E-state index contributed by atoms with van der Waals surface area (Å²) in [7, 11) is -3.20. The van der Waals surface area contributed by atoms with Crippen molar-refractivity contribution >= 4 is 37.3 Å². The zero-order valence-electron chi connectivity index (χ0n) is 8.15. The predicted molar refractivity (Wildman–Crippen MR) is 64.9 cm³/mol. The summed E-state index contributed by atoms with van der Waals surface area (Å²) in [4.78, 5) is 0. The van der Waals surface area contributed by atoms with Gasteiger partial charge in [0.2, 0.25) is 0 Å². The highest BCUT2D eigenvalue weighted by Gasteiger charge is 2.28. The lowest BCUT2D eigenvalue weighted by atomic mass is 10.4. The number of nitrogens with zero attached hydrogens (tertiary/aromatic N) is 1. The molecule has 0 radical (unpaired) electrons. The fourth-order valence-electron chi connectivity index (χ4n) is 1.61. The Hall–Kier alpha value is 0.0900. The van der Waals surface area contributed by atoms with Crippen LogP contribution in [0.2, 0.25) is 0 Å². The molecule has 84 valence electrons. The van der Waals surface area contributed by atoms with E-state index in [0.717, 1.165) is 18.4 Å². The topological polar surface area (TPSA) is 37.4 Å². The van der Waals surface area contributed by atoms with E-state index < -0.39 is 10.0 Å². The molecule has 0 spiro atoms. The number of hydrogen-bond donors (Lipinski definition) is 0. The number of rotatable bonds is 3. The Labute approximate surface area is 102 Å². The van der Waals surface area contributed by atoms with Crippen molar-refractivity contribution in [1.29, 1.82) is 0 Å². The van der Waals surface area contributed by atoms with Gasteiger partial charge in [-0.2, -0.15) is 4.31 Å². The Morgan fingerprint density at radius 1 is 1.40 bits per heavy atom. The van der Waals surface area contributed by atoms with Crippen molar-refractivity contribution in [3.63, 3.8) is 0 Å². The zero-order valence-corrected chi connectivity index (χ0v) is 11.4. The van der Waals surface area contributed by atoms with Crippen molar-refractivity contribution in [2.24, 2.45) is 0 Å². The van der Waals surface area contributed by atoms with E-state index in [0.29, 0.717) is 22.6 Å². The molecule has 0 saturated carbocycles. The van der Waals surface area contributed by atoms with Gasteiger partial charge in [-0.05, 0) is 29.9 Å². The first kappa shape index (κ1) is 11.6. The molecule has 0 atom stereocenters. The van der Waals surface area contributed by atoms with Gasteiger partial charge in [0, 0.05) is 18.4 Å². The largest absolute Gasteiger partial charge is 0.252 e. The predicted octanol–water partition coefficient (Wildman–Crippen LogP) is 2.43. The highest BCUT2D eigenvalue weighted by atomic mass is 79.9. The molecule has 1 aromatic rings. The lowest BCUT2D eigenvalue weighted by Gasteiger charge is -2.13. The van der Waals surface area contributed by atoms with Crippen LogP contribution in [0.25, 0.3) is 0 Å². The zero-order chi connectivity index (χ0) is 10.9. The van der Waals surface area contributed by atoms with Crippen LogP contribution in [-0.4, -0.2) is 25.8 Å². The van der Waals surface area contributed by atoms with E-state index in [-0.39, 0.29) is 0 Å². The highest BCUT2D eigenvalue weighted by Crippen LogP contribution is 2.27. The van der Waals surface area contributed by atoms with Crippen molar-refractivity contribution < 1.29 is 8.42 Å². The third kappa shape index (κ3) is 2.27. The first-order valence-corrected chi connectivity index (χ1v) is 8.22. The molecule has 15 heavy (non-hydrogen) atoms. The molecule has 1 aliphatic rings. The maximum absolute atomic E-state index is 12.1. The van der Waals surface area contributed by atoms with Gasteiger partial charge in [-0.1, -0.05) is 15.9 Å². The van der Waals surface area contributed by atoms with Crippen LogP contribution in [0.1, 0.15) is 18.4 Å². The quantitative estimate of drug-likeness (QED) is 0.804. The normalized spacial score (nSPS) is 18.5. The molecule has 6 heteroatoms. The molecular formula is C9H12BrNO2S2. The Morgan fingerprint density at radius 2 is 2.07 bits per heavy atom. The maximum Gasteiger partial charge on any atom is 0.252 e. The molecule has 1 aliphatic heterocycles. The van der Waals surface area contributed by atoms with Crippen LogP contribution in [0.3, 0.4) is 0 Å². The van der Waals surface area contributed by atoms with Gasteiger partial charge in [-0.25, -0.2) is 8.42 Å². The van der Waals surface area contributed by atoms with Crippen LogP contribution in [0, 0.1) is 0 Å². The summed E-state index contributed by atoms with van der Waals surface area (Å²) in [6.07, 6.45) is 1.96. The van der Waals surface area contributed by atoms with Crippen LogP contribution in [0.15, 0.2) is 15.7 Å². The van der Waals surface area contributed by atoms with Crippen molar-refractivity contribution in [1.82, 2.24) is 4.31 Å². The summed E-state index contributed by atoms with van der Waals surface area (Å²) in [5, 5.41) is 2.59. The molecule has 0 aliphatic carbocycles. The smallest absolute Gasteiger partial charge is 0.206 e. The summed E-state index contributed by atoms with van der Waals surface area (Å²) in [6, 6.07) is 1.76. The van der Waals surface area contributed by atoms with Gasteiger partial charge in [-0.3, -0.25) is 0 Å². The van der Waals surface area contributed by atoms with Gasteiger partial charge in [0.05, 0.1) is 0 Å². The first-order valence-electron chi connectivity index (χ1n) is 4.78. The number of halogens is 1. The number of hydrogen-bond acceptors (Lipinski definition) is 3. The summed E-state index contributed by atoms with van der Waals surface area (Å²) in [5.41, 5.74) is 1.03.